The van der Waals surface area contributed by atoms with Crippen LogP contribution in [0.5, 0.6) is 0 Å². The Labute approximate surface area is 235 Å². The fraction of sp³-hybridized carbons (Fsp3) is 0.909. The molecule has 0 unspecified atom stereocenters. The number of ether oxygens (including phenoxy) is 2. The first-order chi connectivity index (χ1) is 18.4. The van der Waals surface area contributed by atoms with Crippen molar-refractivity contribution in [1.82, 2.24) is 0 Å². The summed E-state index contributed by atoms with van der Waals surface area (Å²) in [6.45, 7) is 6.17. The minimum absolute atomic E-state index is 0.357. The average molecular weight is 537 g/mol. The third-order valence-corrected chi connectivity index (χ3v) is 8.84. The number of aromatic nitrogens is 1. The molecular weight excluding hydrogens is 474 g/mol. The van der Waals surface area contributed by atoms with Gasteiger partial charge in [0.05, 0.1) is 18.1 Å². The summed E-state index contributed by atoms with van der Waals surface area (Å²) in [5.41, 5.74) is 2.20. The van der Waals surface area contributed by atoms with E-state index in [0.29, 0.717) is 6.10 Å². The van der Waals surface area contributed by atoms with Crippen LogP contribution in [0.25, 0.3) is 0 Å². The van der Waals surface area contributed by atoms with Crippen molar-refractivity contribution < 1.29 is 14.0 Å². The Kier molecular flexibility index (Phi) is 21.8. The lowest BCUT2D eigenvalue weighted by Crippen LogP contribution is -2.29. The van der Waals surface area contributed by atoms with Gasteiger partial charge in [-0.15, -0.1) is 0 Å². The fourth-order valence-electron chi connectivity index (χ4n) is 5.71. The molecule has 1 aliphatic heterocycles. The van der Waals surface area contributed by atoms with E-state index in [-0.39, 0.29) is 0 Å². The van der Waals surface area contributed by atoms with Crippen LogP contribution >= 0.6 is 11.3 Å². The van der Waals surface area contributed by atoms with Gasteiger partial charge < -0.3 is 9.47 Å². The Morgan fingerprint density at radius 3 is 1.89 bits per heavy atom. The molecule has 1 aromatic heterocycles. The molecule has 1 saturated heterocycles. The standard InChI is InChI=1S/C33H62NO2S/c1-2-3-4-5-6-7-8-9-10-11-12-13-14-17-20-23-32-28-33(36-29-32)30-35-26-22-19-16-15-18-21-24-34-25-27-37-31-34/h25,27,31-33H,2-24,26,28-30H2,1H3/q+1/t32-,33+/m1/s1. The first-order valence-corrected chi connectivity index (χ1v) is 17.4. The zero-order chi connectivity index (χ0) is 26.1. The summed E-state index contributed by atoms with van der Waals surface area (Å²) in [6.07, 6.45) is 34.7. The van der Waals surface area contributed by atoms with E-state index in [0.717, 1.165) is 25.7 Å². The Balaban J connectivity index is 1.24. The second-order valence-electron chi connectivity index (χ2n) is 11.8. The second-order valence-corrected chi connectivity index (χ2v) is 12.5. The molecule has 0 N–H and O–H groups in total. The molecule has 2 heterocycles. The molecule has 0 spiro atoms. The van der Waals surface area contributed by atoms with Crippen molar-refractivity contribution in [1.29, 1.82) is 0 Å². The Morgan fingerprint density at radius 1 is 0.730 bits per heavy atom. The van der Waals surface area contributed by atoms with E-state index in [4.69, 9.17) is 9.47 Å². The lowest BCUT2D eigenvalue weighted by atomic mass is 9.97. The lowest BCUT2D eigenvalue weighted by Gasteiger charge is -2.10. The maximum atomic E-state index is 6.02. The minimum Gasteiger partial charge on any atom is -0.379 e. The van der Waals surface area contributed by atoms with E-state index in [2.05, 4.69) is 28.6 Å². The summed E-state index contributed by atoms with van der Waals surface area (Å²) in [5.74, 6) is 0.780. The Hall–Kier alpha value is -0.450. The van der Waals surface area contributed by atoms with E-state index in [1.54, 1.807) is 11.3 Å². The summed E-state index contributed by atoms with van der Waals surface area (Å²) in [6, 6.07) is 0. The molecule has 0 aromatic carbocycles. The van der Waals surface area contributed by atoms with Crippen molar-refractivity contribution in [2.24, 2.45) is 5.92 Å². The van der Waals surface area contributed by atoms with Gasteiger partial charge in [0.15, 0.2) is 6.20 Å². The molecule has 0 radical (unpaired) electrons. The summed E-state index contributed by atoms with van der Waals surface area (Å²) in [7, 11) is 0. The van der Waals surface area contributed by atoms with Gasteiger partial charge in [0, 0.05) is 19.6 Å². The second kappa shape index (κ2) is 24.6. The maximum absolute atomic E-state index is 6.02. The zero-order valence-corrected chi connectivity index (χ0v) is 25.5. The van der Waals surface area contributed by atoms with Gasteiger partial charge >= 0.3 is 0 Å². The highest BCUT2D eigenvalue weighted by molar-refractivity contribution is 7.07. The topological polar surface area (TPSA) is 22.3 Å². The smallest absolute Gasteiger partial charge is 0.224 e. The van der Waals surface area contributed by atoms with E-state index in [1.807, 2.05) is 0 Å². The molecular formula is C33H62NO2S+. The number of hydrogen-bond acceptors (Lipinski definition) is 3. The molecule has 37 heavy (non-hydrogen) atoms. The first kappa shape index (κ1) is 32.8. The predicted octanol–water partition coefficient (Wildman–Crippen LogP) is 10.1. The van der Waals surface area contributed by atoms with Crippen molar-refractivity contribution in [2.45, 2.75) is 167 Å². The monoisotopic (exact) mass is 536 g/mol. The van der Waals surface area contributed by atoms with Crippen molar-refractivity contribution in [3.8, 4) is 0 Å². The summed E-state index contributed by atoms with van der Waals surface area (Å²) < 4.78 is 14.3. The number of hydrogen-bond donors (Lipinski definition) is 0. The minimum atomic E-state index is 0.357. The molecule has 216 valence electrons. The summed E-state index contributed by atoms with van der Waals surface area (Å²) in [5, 5.41) is 2.15. The van der Waals surface area contributed by atoms with Gasteiger partial charge in [-0.2, -0.15) is 4.57 Å². The molecule has 1 aromatic rings. The molecule has 3 nitrogen and oxygen atoms in total. The van der Waals surface area contributed by atoms with E-state index in [9.17, 15) is 0 Å². The van der Waals surface area contributed by atoms with Crippen molar-refractivity contribution in [3.63, 3.8) is 0 Å². The van der Waals surface area contributed by atoms with Gasteiger partial charge in [0.2, 0.25) is 5.51 Å². The molecule has 4 heteroatoms. The van der Waals surface area contributed by atoms with Crippen molar-refractivity contribution in [3.05, 3.63) is 17.1 Å². The Morgan fingerprint density at radius 2 is 1.30 bits per heavy atom. The van der Waals surface area contributed by atoms with Gasteiger partial charge in [-0.3, -0.25) is 0 Å². The van der Waals surface area contributed by atoms with Gasteiger partial charge in [-0.05, 0) is 31.6 Å². The fourth-order valence-corrected chi connectivity index (χ4v) is 6.34. The highest BCUT2D eigenvalue weighted by Gasteiger charge is 2.24. The van der Waals surface area contributed by atoms with Gasteiger partial charge in [0.1, 0.15) is 6.54 Å². The molecule has 1 fully saturated rings. The average Bonchev–Trinajstić information content (AvgIpc) is 3.60. The van der Waals surface area contributed by atoms with Crippen molar-refractivity contribution >= 4 is 11.3 Å². The van der Waals surface area contributed by atoms with Crippen LogP contribution in [-0.2, 0) is 16.0 Å². The number of nitrogens with zero attached hydrogens (tertiary/aromatic N) is 1. The lowest BCUT2D eigenvalue weighted by molar-refractivity contribution is -0.692. The number of unbranched alkanes of at least 4 members (excludes halogenated alkanes) is 19. The molecule has 1 aliphatic rings. The van der Waals surface area contributed by atoms with Gasteiger partial charge in [-0.1, -0.05) is 134 Å². The van der Waals surface area contributed by atoms with Crippen LogP contribution in [-0.4, -0.2) is 25.9 Å². The number of thiazole rings is 1. The van der Waals surface area contributed by atoms with Gasteiger partial charge in [-0.25, -0.2) is 0 Å². The molecule has 0 amide bonds. The van der Waals surface area contributed by atoms with Crippen LogP contribution in [0.4, 0.5) is 0 Å². The SMILES string of the molecule is CCCCCCCCCCCCCCCCC[C@H]1CO[C@H](COCCCCCCCC[n+]2ccsc2)C1. The van der Waals surface area contributed by atoms with Crippen LogP contribution in [0.15, 0.2) is 17.1 Å². The largest absolute Gasteiger partial charge is 0.379 e. The summed E-state index contributed by atoms with van der Waals surface area (Å²) >= 11 is 1.78. The third kappa shape index (κ3) is 19.3. The molecule has 0 aliphatic carbocycles. The molecule has 2 rings (SSSR count). The van der Waals surface area contributed by atoms with Crippen LogP contribution in [0.2, 0.25) is 0 Å². The van der Waals surface area contributed by atoms with Gasteiger partial charge in [0.25, 0.3) is 0 Å². The zero-order valence-electron chi connectivity index (χ0n) is 24.7. The van der Waals surface area contributed by atoms with Crippen molar-refractivity contribution in [2.75, 3.05) is 19.8 Å². The molecule has 0 saturated carbocycles. The highest BCUT2D eigenvalue weighted by Crippen LogP contribution is 2.25. The molecule has 0 bridgehead atoms. The highest BCUT2D eigenvalue weighted by atomic mass is 32.1. The number of rotatable bonds is 27. The third-order valence-electron chi connectivity index (χ3n) is 8.17. The predicted molar refractivity (Wildman–Crippen MR) is 160 cm³/mol. The van der Waals surface area contributed by atoms with Crippen LogP contribution in [0.3, 0.4) is 0 Å². The van der Waals surface area contributed by atoms with E-state index < -0.39 is 0 Å². The summed E-state index contributed by atoms with van der Waals surface area (Å²) in [4.78, 5) is 0. The quantitative estimate of drug-likeness (QED) is 0.0824. The van der Waals surface area contributed by atoms with Crippen LogP contribution in [0.1, 0.15) is 155 Å². The Bertz CT molecular complexity index is 579. The number of aryl methyl sites for hydroxylation is 1. The van der Waals surface area contributed by atoms with Crippen LogP contribution in [0, 0.1) is 5.92 Å². The van der Waals surface area contributed by atoms with E-state index >= 15 is 0 Å². The molecule has 2 atom stereocenters. The maximum Gasteiger partial charge on any atom is 0.224 e. The normalized spacial score (nSPS) is 17.6. The first-order valence-electron chi connectivity index (χ1n) is 16.5. The van der Waals surface area contributed by atoms with E-state index in [1.165, 1.54) is 154 Å². The van der Waals surface area contributed by atoms with Crippen LogP contribution < -0.4 is 4.57 Å².